The number of carbonyl (C=O) groups is 1. The zero-order chi connectivity index (χ0) is 16.8. The fourth-order valence-electron chi connectivity index (χ4n) is 4.00. The number of nitrogens with zero attached hydrogens (tertiary/aromatic N) is 2. The Kier molecular flexibility index (Phi) is 3.89. The maximum atomic E-state index is 12.9. The predicted molar refractivity (Wildman–Crippen MR) is 95.7 cm³/mol. The first kappa shape index (κ1) is 15.7. The number of aromatic nitrogens is 1. The van der Waals surface area contributed by atoms with Crippen molar-refractivity contribution < 1.29 is 4.79 Å². The zero-order valence-electron chi connectivity index (χ0n) is 13.2. The third-order valence-corrected chi connectivity index (χ3v) is 5.89. The average Bonchev–Trinajstić information content (AvgIpc) is 2.96. The Morgan fingerprint density at radius 3 is 2.83 bits per heavy atom. The van der Waals surface area contributed by atoms with Crippen LogP contribution in [-0.4, -0.2) is 22.0 Å². The molecule has 3 atom stereocenters. The molecule has 1 fully saturated rings. The third kappa shape index (κ3) is 2.45. The maximum absolute atomic E-state index is 12.9. The smallest absolute Gasteiger partial charge is 0.314 e. The molecule has 124 valence electrons. The fraction of sp³-hybridized carbons (Fsp3) is 0.333. The summed E-state index contributed by atoms with van der Waals surface area (Å²) in [4.78, 5) is 19.1. The normalized spacial score (nSPS) is 24.6. The summed E-state index contributed by atoms with van der Waals surface area (Å²) in [6, 6.07) is 7.40. The van der Waals surface area contributed by atoms with Gasteiger partial charge in [-0.15, -0.1) is 0 Å². The van der Waals surface area contributed by atoms with Gasteiger partial charge in [-0.1, -0.05) is 30.1 Å². The van der Waals surface area contributed by atoms with Crippen LogP contribution in [0.15, 0.2) is 36.7 Å². The van der Waals surface area contributed by atoms with E-state index in [2.05, 4.69) is 17.2 Å². The molecule has 1 N–H and O–H groups in total. The van der Waals surface area contributed by atoms with Gasteiger partial charge in [-0.25, -0.2) is 4.79 Å². The van der Waals surface area contributed by atoms with E-state index in [9.17, 15) is 4.79 Å². The van der Waals surface area contributed by atoms with Gasteiger partial charge >= 0.3 is 6.03 Å². The number of nitrogens with one attached hydrogen (secondary N) is 1. The highest BCUT2D eigenvalue weighted by molar-refractivity contribution is 6.42. The number of halogens is 2. The molecule has 1 saturated heterocycles. The Morgan fingerprint density at radius 1 is 1.21 bits per heavy atom. The minimum absolute atomic E-state index is 0.0878. The van der Waals surface area contributed by atoms with E-state index >= 15 is 0 Å². The summed E-state index contributed by atoms with van der Waals surface area (Å²) in [6.07, 6.45) is 5.74. The van der Waals surface area contributed by atoms with E-state index in [-0.39, 0.29) is 24.0 Å². The lowest BCUT2D eigenvalue weighted by atomic mass is 9.86. The second-order valence-corrected chi connectivity index (χ2v) is 7.23. The molecule has 1 aromatic carbocycles. The average molecular weight is 362 g/mol. The van der Waals surface area contributed by atoms with Crippen LogP contribution in [0.1, 0.15) is 42.9 Å². The van der Waals surface area contributed by atoms with Crippen molar-refractivity contribution in [3.63, 3.8) is 0 Å². The molecule has 4 rings (SSSR count). The third-order valence-electron chi connectivity index (χ3n) is 5.15. The lowest BCUT2D eigenvalue weighted by Gasteiger charge is -2.39. The molecule has 3 heterocycles. The van der Waals surface area contributed by atoms with Crippen LogP contribution in [0.5, 0.6) is 0 Å². The van der Waals surface area contributed by atoms with Crippen molar-refractivity contribution in [2.24, 2.45) is 0 Å². The van der Waals surface area contributed by atoms with Crippen molar-refractivity contribution in [3.05, 3.63) is 57.8 Å². The number of anilines is 1. The van der Waals surface area contributed by atoms with Gasteiger partial charge in [-0.3, -0.25) is 4.98 Å². The number of carbonyl (C=O) groups excluding carboxylic acids is 1. The number of pyridine rings is 1. The first-order chi connectivity index (χ1) is 11.6. The van der Waals surface area contributed by atoms with Gasteiger partial charge in [0.25, 0.3) is 0 Å². The summed E-state index contributed by atoms with van der Waals surface area (Å²) in [7, 11) is 0. The number of amides is 2. The van der Waals surface area contributed by atoms with Gasteiger partial charge in [-0.05, 0) is 48.2 Å². The van der Waals surface area contributed by atoms with Gasteiger partial charge in [0, 0.05) is 30.0 Å². The summed E-state index contributed by atoms with van der Waals surface area (Å²) < 4.78 is 0. The largest absolute Gasteiger partial charge is 0.322 e. The number of hydrogen-bond donors (Lipinski definition) is 1. The molecule has 4 nitrogen and oxygen atoms in total. The van der Waals surface area contributed by atoms with Crippen LogP contribution in [0.3, 0.4) is 0 Å². The molecule has 0 aliphatic carbocycles. The van der Waals surface area contributed by atoms with Gasteiger partial charge in [0.1, 0.15) is 0 Å². The number of urea groups is 1. The Labute approximate surface area is 150 Å². The van der Waals surface area contributed by atoms with E-state index in [0.717, 1.165) is 12.8 Å². The molecule has 0 spiro atoms. The second-order valence-electron chi connectivity index (χ2n) is 6.42. The molecule has 2 aromatic rings. The zero-order valence-corrected chi connectivity index (χ0v) is 14.7. The molecular weight excluding hydrogens is 345 g/mol. The molecule has 0 saturated carbocycles. The highest BCUT2D eigenvalue weighted by Crippen LogP contribution is 2.48. The molecule has 0 radical (unpaired) electrons. The predicted octanol–water partition coefficient (Wildman–Crippen LogP) is 5.24. The van der Waals surface area contributed by atoms with Crippen molar-refractivity contribution in [2.45, 2.75) is 37.8 Å². The lowest BCUT2D eigenvalue weighted by molar-refractivity contribution is 0.169. The van der Waals surface area contributed by atoms with Gasteiger partial charge < -0.3 is 10.2 Å². The fourth-order valence-corrected chi connectivity index (χ4v) is 4.29. The topological polar surface area (TPSA) is 45.2 Å². The summed E-state index contributed by atoms with van der Waals surface area (Å²) in [5.74, 6) is 0.284. The minimum Gasteiger partial charge on any atom is -0.314 e. The summed E-state index contributed by atoms with van der Waals surface area (Å²) >= 11 is 12.0. The van der Waals surface area contributed by atoms with Gasteiger partial charge in [0.2, 0.25) is 0 Å². The Hall–Kier alpha value is -1.78. The standard InChI is InChI=1S/C18H17Cl2N3O/c1-10-13-9-21-7-6-12(13)17-5-4-16(10)23(17)18(24)22-11-2-3-14(19)15(20)8-11/h2-3,6-10,16-17H,4-5H2,1H3,(H,22,24)/t10-,16+,17-/m0/s1. The lowest BCUT2D eigenvalue weighted by Crippen LogP contribution is -2.45. The minimum atomic E-state index is -0.0878. The van der Waals surface area contributed by atoms with Crippen LogP contribution in [0.25, 0.3) is 0 Å². The first-order valence-corrected chi connectivity index (χ1v) is 8.80. The Morgan fingerprint density at radius 2 is 2.04 bits per heavy atom. The van der Waals surface area contributed by atoms with E-state index in [0.29, 0.717) is 15.7 Å². The number of hydrogen-bond acceptors (Lipinski definition) is 2. The molecule has 0 unspecified atom stereocenters. The van der Waals surface area contributed by atoms with E-state index in [1.165, 1.54) is 11.1 Å². The Balaban J connectivity index is 1.63. The van der Waals surface area contributed by atoms with Crippen molar-refractivity contribution in [1.82, 2.24) is 9.88 Å². The van der Waals surface area contributed by atoms with Crippen molar-refractivity contribution in [1.29, 1.82) is 0 Å². The van der Waals surface area contributed by atoms with Gasteiger partial charge in [0.05, 0.1) is 16.1 Å². The number of fused-ring (bicyclic) bond motifs is 4. The number of benzene rings is 1. The molecular formula is C18H17Cl2N3O. The SMILES string of the molecule is C[C@H]1c2cnccc2[C@@H]2CC[C@H]1N2C(=O)Nc1ccc(Cl)c(Cl)c1. The van der Waals surface area contributed by atoms with Crippen molar-refractivity contribution >= 4 is 34.9 Å². The maximum Gasteiger partial charge on any atom is 0.322 e. The van der Waals surface area contributed by atoms with Crippen LogP contribution in [-0.2, 0) is 0 Å². The first-order valence-electron chi connectivity index (χ1n) is 8.04. The summed E-state index contributed by atoms with van der Waals surface area (Å²) in [5, 5.41) is 3.87. The molecule has 6 heteroatoms. The van der Waals surface area contributed by atoms with Crippen molar-refractivity contribution in [2.75, 3.05) is 5.32 Å². The van der Waals surface area contributed by atoms with E-state index in [4.69, 9.17) is 23.2 Å². The molecule has 2 amide bonds. The van der Waals surface area contributed by atoms with E-state index < -0.39 is 0 Å². The molecule has 2 bridgehead atoms. The Bertz CT molecular complexity index is 811. The summed E-state index contributed by atoms with van der Waals surface area (Å²) in [6.45, 7) is 2.17. The van der Waals surface area contributed by atoms with Crippen molar-refractivity contribution in [3.8, 4) is 0 Å². The molecule has 2 aliphatic rings. The van der Waals surface area contributed by atoms with Gasteiger partial charge in [0.15, 0.2) is 0 Å². The van der Waals surface area contributed by atoms with Gasteiger partial charge in [-0.2, -0.15) is 0 Å². The van der Waals surface area contributed by atoms with Crippen LogP contribution in [0.4, 0.5) is 10.5 Å². The van der Waals surface area contributed by atoms with E-state index in [1.54, 1.807) is 24.4 Å². The molecule has 2 aliphatic heterocycles. The van der Waals surface area contributed by atoms with Crippen LogP contribution >= 0.6 is 23.2 Å². The monoisotopic (exact) mass is 361 g/mol. The van der Waals surface area contributed by atoms with Crippen LogP contribution in [0, 0.1) is 0 Å². The molecule has 1 aromatic heterocycles. The second kappa shape index (κ2) is 5.94. The quantitative estimate of drug-likeness (QED) is 0.754. The molecule has 24 heavy (non-hydrogen) atoms. The summed E-state index contributed by atoms with van der Waals surface area (Å²) in [5.41, 5.74) is 3.14. The van der Waals surface area contributed by atoms with Crippen LogP contribution in [0.2, 0.25) is 10.0 Å². The highest BCUT2D eigenvalue weighted by Gasteiger charge is 2.46. The van der Waals surface area contributed by atoms with E-state index in [1.807, 2.05) is 17.2 Å². The van der Waals surface area contributed by atoms with Crippen LogP contribution < -0.4 is 5.32 Å². The number of rotatable bonds is 1. The highest BCUT2D eigenvalue weighted by atomic mass is 35.5.